The summed E-state index contributed by atoms with van der Waals surface area (Å²) >= 11 is 0. The monoisotopic (exact) mass is 259 g/mol. The highest BCUT2D eigenvalue weighted by Gasteiger charge is 2.07. The predicted molar refractivity (Wildman–Crippen MR) is 72.4 cm³/mol. The normalized spacial score (nSPS) is 10.8. The minimum atomic E-state index is -0.00432. The Bertz CT molecular complexity index is 603. The predicted octanol–water partition coefficient (Wildman–Crippen LogP) is 1.65. The van der Waals surface area contributed by atoms with Crippen LogP contribution >= 0.6 is 0 Å². The summed E-state index contributed by atoms with van der Waals surface area (Å²) in [7, 11) is 1.57. The summed E-state index contributed by atoms with van der Waals surface area (Å²) in [4.78, 5) is 7.53. The second-order valence-electron chi connectivity index (χ2n) is 3.60. The van der Waals surface area contributed by atoms with Crippen molar-refractivity contribution in [3.05, 3.63) is 24.3 Å². The maximum Gasteiger partial charge on any atom is 0.224 e. The zero-order valence-corrected chi connectivity index (χ0v) is 10.2. The Morgan fingerprint density at radius 3 is 2.37 bits per heavy atom. The first-order chi connectivity index (χ1) is 9.10. The summed E-state index contributed by atoms with van der Waals surface area (Å²) in [6.07, 6.45) is 0. The fourth-order valence-electron chi connectivity index (χ4n) is 1.39. The number of anilines is 3. The number of azo groups is 1. The summed E-state index contributed by atoms with van der Waals surface area (Å²) in [5.41, 5.74) is 17.5. The maximum absolute atomic E-state index is 5.65. The topological polar surface area (TPSA) is 138 Å². The van der Waals surface area contributed by atoms with Crippen molar-refractivity contribution in [1.29, 1.82) is 0 Å². The number of hydrogen-bond acceptors (Lipinski definition) is 8. The van der Waals surface area contributed by atoms with Crippen molar-refractivity contribution in [2.75, 3.05) is 24.3 Å². The van der Waals surface area contributed by atoms with Gasteiger partial charge in [-0.25, -0.2) is 0 Å². The number of nitrogen functional groups attached to an aromatic ring is 3. The molecule has 0 fully saturated rings. The molecule has 0 saturated carbocycles. The van der Waals surface area contributed by atoms with Crippen LogP contribution in [0.1, 0.15) is 0 Å². The molecule has 0 bridgehead atoms. The van der Waals surface area contributed by atoms with Crippen molar-refractivity contribution in [1.82, 2.24) is 9.97 Å². The molecule has 8 heteroatoms. The van der Waals surface area contributed by atoms with E-state index in [1.54, 1.807) is 31.4 Å². The fraction of sp³-hybridized carbons (Fsp3) is 0.0909. The van der Waals surface area contributed by atoms with E-state index in [0.717, 1.165) is 0 Å². The minimum absolute atomic E-state index is 0.00432. The minimum Gasteiger partial charge on any atom is -0.497 e. The molecule has 0 saturated heterocycles. The maximum atomic E-state index is 5.65. The van der Waals surface area contributed by atoms with Gasteiger partial charge in [-0.3, -0.25) is 0 Å². The molecule has 8 nitrogen and oxygen atoms in total. The number of rotatable bonds is 3. The van der Waals surface area contributed by atoms with Gasteiger partial charge in [-0.1, -0.05) is 6.07 Å². The zero-order valence-electron chi connectivity index (χ0n) is 10.2. The van der Waals surface area contributed by atoms with Crippen molar-refractivity contribution >= 4 is 29.0 Å². The van der Waals surface area contributed by atoms with E-state index in [-0.39, 0.29) is 23.3 Å². The molecule has 1 heterocycles. The van der Waals surface area contributed by atoms with Crippen LogP contribution in [0, 0.1) is 0 Å². The molecule has 2 rings (SSSR count). The first kappa shape index (κ1) is 12.6. The highest BCUT2D eigenvalue weighted by atomic mass is 16.5. The summed E-state index contributed by atoms with van der Waals surface area (Å²) in [5, 5.41) is 7.93. The van der Waals surface area contributed by atoms with Gasteiger partial charge in [0.15, 0.2) is 17.3 Å². The van der Waals surface area contributed by atoms with Crippen LogP contribution in [-0.4, -0.2) is 17.1 Å². The second kappa shape index (κ2) is 5.17. The van der Waals surface area contributed by atoms with Gasteiger partial charge in [0.25, 0.3) is 0 Å². The fourth-order valence-corrected chi connectivity index (χ4v) is 1.39. The lowest BCUT2D eigenvalue weighted by Crippen LogP contribution is -2.03. The molecular formula is C11H13N7O. The molecule has 6 N–H and O–H groups in total. The third-order valence-electron chi connectivity index (χ3n) is 2.27. The Morgan fingerprint density at radius 1 is 1.05 bits per heavy atom. The van der Waals surface area contributed by atoms with Crippen LogP contribution in [0.25, 0.3) is 0 Å². The lowest BCUT2D eigenvalue weighted by Gasteiger charge is -2.03. The summed E-state index contributed by atoms with van der Waals surface area (Å²) < 4.78 is 5.08. The number of nitrogens with zero attached hydrogens (tertiary/aromatic N) is 4. The Morgan fingerprint density at radius 2 is 1.74 bits per heavy atom. The van der Waals surface area contributed by atoms with Crippen LogP contribution in [0.15, 0.2) is 34.5 Å². The second-order valence-corrected chi connectivity index (χ2v) is 3.60. The van der Waals surface area contributed by atoms with Crippen LogP contribution in [0.5, 0.6) is 5.75 Å². The summed E-state index contributed by atoms with van der Waals surface area (Å²) in [6, 6.07) is 7.07. The largest absolute Gasteiger partial charge is 0.497 e. The Labute approximate surface area is 109 Å². The lowest BCUT2D eigenvalue weighted by atomic mass is 10.3. The van der Waals surface area contributed by atoms with Gasteiger partial charge in [-0.15, -0.1) is 5.11 Å². The average Bonchev–Trinajstić information content (AvgIpc) is 2.37. The highest BCUT2D eigenvalue weighted by molar-refractivity contribution is 5.71. The number of aromatic nitrogens is 2. The molecular weight excluding hydrogens is 246 g/mol. The van der Waals surface area contributed by atoms with Gasteiger partial charge < -0.3 is 21.9 Å². The van der Waals surface area contributed by atoms with Gasteiger partial charge >= 0.3 is 0 Å². The van der Waals surface area contributed by atoms with Crippen LogP contribution in [0.4, 0.5) is 29.0 Å². The van der Waals surface area contributed by atoms with Gasteiger partial charge in [0.05, 0.1) is 12.8 Å². The van der Waals surface area contributed by atoms with Crippen LogP contribution in [0.2, 0.25) is 0 Å². The first-order valence-corrected chi connectivity index (χ1v) is 5.34. The van der Waals surface area contributed by atoms with Crippen LogP contribution < -0.4 is 21.9 Å². The number of ether oxygens (including phenoxy) is 1. The average molecular weight is 259 g/mol. The molecule has 0 aliphatic rings. The molecule has 2 aromatic rings. The van der Waals surface area contributed by atoms with E-state index in [9.17, 15) is 0 Å². The van der Waals surface area contributed by atoms with E-state index < -0.39 is 0 Å². The molecule has 98 valence electrons. The molecule has 0 radical (unpaired) electrons. The van der Waals surface area contributed by atoms with Crippen molar-refractivity contribution in [3.8, 4) is 5.75 Å². The van der Waals surface area contributed by atoms with E-state index in [2.05, 4.69) is 20.2 Å². The Kier molecular flexibility index (Phi) is 3.42. The Balaban J connectivity index is 2.32. The molecule has 0 atom stereocenters. The van der Waals surface area contributed by atoms with Crippen LogP contribution in [0.3, 0.4) is 0 Å². The first-order valence-electron chi connectivity index (χ1n) is 5.34. The number of benzene rings is 1. The van der Waals surface area contributed by atoms with Gasteiger partial charge in [0.1, 0.15) is 5.75 Å². The molecule has 0 aliphatic carbocycles. The van der Waals surface area contributed by atoms with Gasteiger partial charge in [0.2, 0.25) is 5.95 Å². The van der Waals surface area contributed by atoms with Gasteiger partial charge in [-0.2, -0.15) is 15.1 Å². The molecule has 0 spiro atoms. The van der Waals surface area contributed by atoms with Gasteiger partial charge in [-0.05, 0) is 12.1 Å². The molecule has 1 aromatic heterocycles. The van der Waals surface area contributed by atoms with Crippen molar-refractivity contribution in [2.24, 2.45) is 10.2 Å². The number of hydrogen-bond donors (Lipinski definition) is 3. The zero-order chi connectivity index (χ0) is 13.8. The molecule has 19 heavy (non-hydrogen) atoms. The third kappa shape index (κ3) is 2.86. The summed E-state index contributed by atoms with van der Waals surface area (Å²) in [5.74, 6) is 0.828. The molecule has 1 aromatic carbocycles. The van der Waals surface area contributed by atoms with Gasteiger partial charge in [0, 0.05) is 6.07 Å². The van der Waals surface area contributed by atoms with E-state index in [1.165, 1.54) is 0 Å². The quantitative estimate of drug-likeness (QED) is 0.716. The van der Waals surface area contributed by atoms with Crippen molar-refractivity contribution in [3.63, 3.8) is 0 Å². The van der Waals surface area contributed by atoms with E-state index >= 15 is 0 Å². The molecule has 0 unspecified atom stereocenters. The number of nitrogens with two attached hydrogens (primary N) is 3. The van der Waals surface area contributed by atoms with Crippen molar-refractivity contribution in [2.45, 2.75) is 0 Å². The van der Waals surface area contributed by atoms with Crippen LogP contribution in [-0.2, 0) is 0 Å². The smallest absolute Gasteiger partial charge is 0.224 e. The number of methoxy groups -OCH3 is 1. The van der Waals surface area contributed by atoms with E-state index in [4.69, 9.17) is 21.9 Å². The van der Waals surface area contributed by atoms with Crippen molar-refractivity contribution < 1.29 is 4.74 Å². The third-order valence-corrected chi connectivity index (χ3v) is 2.27. The Hall–Kier alpha value is -2.90. The molecule has 0 amide bonds. The van der Waals surface area contributed by atoms with E-state index in [0.29, 0.717) is 11.4 Å². The summed E-state index contributed by atoms with van der Waals surface area (Å²) in [6.45, 7) is 0. The van der Waals surface area contributed by atoms with E-state index in [1.807, 2.05) is 0 Å². The highest BCUT2D eigenvalue weighted by Crippen LogP contribution is 2.29. The molecule has 0 aliphatic heterocycles. The SMILES string of the molecule is COc1cccc(N=Nc2c(N)nc(N)nc2N)c1. The standard InChI is InChI=1S/C11H13N7O/c1-19-7-4-2-3-6(5-7)17-18-8-9(12)15-11(14)16-10(8)13/h2-5H,1H3,(H6,12,13,14,15,16). The lowest BCUT2D eigenvalue weighted by molar-refractivity contribution is 0.415.